The molecule has 23 heavy (non-hydrogen) atoms. The van der Waals surface area contributed by atoms with E-state index in [9.17, 15) is 4.39 Å². The summed E-state index contributed by atoms with van der Waals surface area (Å²) < 4.78 is 29.5. The number of rotatable bonds is 7. The van der Waals surface area contributed by atoms with E-state index in [4.69, 9.17) is 14.0 Å². The molecule has 3 nitrogen and oxygen atoms in total. The van der Waals surface area contributed by atoms with Crippen molar-refractivity contribution >= 4 is 7.69 Å². The third-order valence-electron chi connectivity index (χ3n) is 3.80. The second-order valence-corrected chi connectivity index (χ2v) is 6.12. The Morgan fingerprint density at radius 2 is 1.35 bits per heavy atom. The largest absolute Gasteiger partial charge is 0.572 e. The summed E-state index contributed by atoms with van der Waals surface area (Å²) in [5.74, 6) is 1.95. The normalized spacial score (nSPS) is 11.4. The van der Waals surface area contributed by atoms with Crippen molar-refractivity contribution in [2.75, 3.05) is 0 Å². The van der Waals surface area contributed by atoms with Gasteiger partial charge in [0.25, 0.3) is 0 Å². The second kappa shape index (κ2) is 7.51. The van der Waals surface area contributed by atoms with Gasteiger partial charge in [0.15, 0.2) is 0 Å². The van der Waals surface area contributed by atoms with Gasteiger partial charge in [-0.05, 0) is 68.3 Å². The van der Waals surface area contributed by atoms with E-state index in [0.717, 1.165) is 0 Å². The molecular weight excluding hydrogens is 294 g/mol. The first-order valence-corrected chi connectivity index (χ1v) is 7.56. The van der Waals surface area contributed by atoms with Crippen molar-refractivity contribution in [2.24, 2.45) is 5.92 Å². The molecule has 0 spiro atoms. The zero-order valence-electron chi connectivity index (χ0n) is 13.9. The Hall–Kier alpha value is -2.01. The highest BCUT2D eigenvalue weighted by Crippen LogP contribution is 2.24. The molecule has 0 aliphatic carbocycles. The maximum atomic E-state index is 12.8. The molecular formula is C18H21BFO3. The van der Waals surface area contributed by atoms with Crippen molar-refractivity contribution in [1.29, 1.82) is 0 Å². The predicted molar refractivity (Wildman–Crippen MR) is 89.3 cm³/mol. The molecule has 0 atom stereocenters. The van der Waals surface area contributed by atoms with Gasteiger partial charge in [-0.1, -0.05) is 13.8 Å². The van der Waals surface area contributed by atoms with Gasteiger partial charge in [-0.15, -0.1) is 0 Å². The smallest absolute Gasteiger partial charge is 0.537 e. The van der Waals surface area contributed by atoms with Gasteiger partial charge >= 0.3 is 7.69 Å². The fourth-order valence-corrected chi connectivity index (χ4v) is 1.56. The Balaban J connectivity index is 1.86. The van der Waals surface area contributed by atoms with Crippen LogP contribution in [-0.2, 0) is 4.65 Å². The van der Waals surface area contributed by atoms with Crippen molar-refractivity contribution in [3.63, 3.8) is 0 Å². The fourth-order valence-electron chi connectivity index (χ4n) is 1.56. The van der Waals surface area contributed by atoms with E-state index in [1.54, 1.807) is 36.4 Å². The van der Waals surface area contributed by atoms with Gasteiger partial charge in [0, 0.05) is 0 Å². The van der Waals surface area contributed by atoms with Crippen molar-refractivity contribution < 1.29 is 18.4 Å². The molecule has 0 bridgehead atoms. The topological polar surface area (TPSA) is 27.7 Å². The molecule has 0 fully saturated rings. The van der Waals surface area contributed by atoms with Crippen LogP contribution in [0.25, 0.3) is 0 Å². The third-order valence-corrected chi connectivity index (χ3v) is 3.80. The van der Waals surface area contributed by atoms with E-state index in [0.29, 0.717) is 23.2 Å². The Bertz CT molecular complexity index is 609. The first-order chi connectivity index (χ1) is 10.9. The molecule has 0 aliphatic rings. The van der Waals surface area contributed by atoms with Crippen LogP contribution in [0.1, 0.15) is 27.7 Å². The van der Waals surface area contributed by atoms with Crippen LogP contribution in [0.15, 0.2) is 48.5 Å². The summed E-state index contributed by atoms with van der Waals surface area (Å²) in [6.07, 6.45) is 0. The van der Waals surface area contributed by atoms with Gasteiger partial charge in [0.2, 0.25) is 0 Å². The van der Waals surface area contributed by atoms with Crippen LogP contribution in [0.3, 0.4) is 0 Å². The molecule has 2 aromatic rings. The lowest BCUT2D eigenvalue weighted by atomic mass is 9.93. The molecule has 2 rings (SSSR count). The zero-order chi connectivity index (χ0) is 16.9. The quantitative estimate of drug-likeness (QED) is 0.674. The number of benzene rings is 2. The fraction of sp³-hybridized carbons (Fsp3) is 0.333. The van der Waals surface area contributed by atoms with E-state index in [-0.39, 0.29) is 11.4 Å². The number of ether oxygens (including phenoxy) is 1. The van der Waals surface area contributed by atoms with Crippen LogP contribution in [0.5, 0.6) is 17.2 Å². The van der Waals surface area contributed by atoms with Crippen LogP contribution in [0.2, 0.25) is 0 Å². The third kappa shape index (κ3) is 5.29. The molecule has 0 N–H and O–H groups in total. The van der Waals surface area contributed by atoms with Gasteiger partial charge in [-0.25, -0.2) is 4.39 Å². The summed E-state index contributed by atoms with van der Waals surface area (Å²) in [4.78, 5) is 0. The Labute approximate surface area is 137 Å². The number of halogens is 1. The maximum Gasteiger partial charge on any atom is 0.572 e. The van der Waals surface area contributed by atoms with Gasteiger partial charge in [-0.3, -0.25) is 0 Å². The summed E-state index contributed by atoms with van der Waals surface area (Å²) in [6, 6.07) is 13.0. The lowest BCUT2D eigenvalue weighted by Crippen LogP contribution is -2.34. The van der Waals surface area contributed by atoms with Crippen molar-refractivity contribution in [2.45, 2.75) is 33.3 Å². The summed E-state index contributed by atoms with van der Waals surface area (Å²) >= 11 is 0. The van der Waals surface area contributed by atoms with Gasteiger partial charge < -0.3 is 14.0 Å². The molecule has 121 valence electrons. The second-order valence-electron chi connectivity index (χ2n) is 6.12. The SMILES string of the molecule is CC(C)C(C)(C)O[B]Oc1ccc(Oc2ccc(F)cc2)cc1. The zero-order valence-corrected chi connectivity index (χ0v) is 13.9. The minimum atomic E-state index is -0.291. The molecule has 0 amide bonds. The van der Waals surface area contributed by atoms with E-state index in [2.05, 4.69) is 13.8 Å². The lowest BCUT2D eigenvalue weighted by Gasteiger charge is -2.29. The Morgan fingerprint density at radius 1 is 0.870 bits per heavy atom. The summed E-state index contributed by atoms with van der Waals surface area (Å²) in [7, 11) is 1.36. The molecule has 0 saturated heterocycles. The van der Waals surface area contributed by atoms with Crippen LogP contribution in [0.4, 0.5) is 4.39 Å². The average molecular weight is 315 g/mol. The van der Waals surface area contributed by atoms with Crippen LogP contribution < -0.4 is 9.39 Å². The molecule has 0 heterocycles. The predicted octanol–water partition coefficient (Wildman–Crippen LogP) is 4.98. The van der Waals surface area contributed by atoms with E-state index in [1.165, 1.54) is 19.8 Å². The van der Waals surface area contributed by atoms with Gasteiger partial charge in [-0.2, -0.15) is 0 Å². The van der Waals surface area contributed by atoms with Crippen molar-refractivity contribution in [1.82, 2.24) is 0 Å². The summed E-state index contributed by atoms with van der Waals surface area (Å²) in [6.45, 7) is 8.21. The lowest BCUT2D eigenvalue weighted by molar-refractivity contribution is 0.0507. The van der Waals surface area contributed by atoms with E-state index >= 15 is 0 Å². The highest BCUT2D eigenvalue weighted by molar-refractivity contribution is 6.19. The van der Waals surface area contributed by atoms with Crippen LogP contribution in [0, 0.1) is 11.7 Å². The van der Waals surface area contributed by atoms with Crippen molar-refractivity contribution in [3.05, 3.63) is 54.3 Å². The average Bonchev–Trinajstić information content (AvgIpc) is 2.51. The standard InChI is InChI=1S/C18H21BFO3/c1-13(2)18(3,4)23-19-22-17-11-9-16(10-12-17)21-15-7-5-14(20)6-8-15/h5-13H,1-4H3. The molecule has 2 aromatic carbocycles. The van der Waals surface area contributed by atoms with Crippen LogP contribution in [-0.4, -0.2) is 13.3 Å². The van der Waals surface area contributed by atoms with Crippen molar-refractivity contribution in [3.8, 4) is 17.2 Å². The molecule has 0 aliphatic heterocycles. The van der Waals surface area contributed by atoms with Gasteiger partial charge in [0.1, 0.15) is 23.1 Å². The van der Waals surface area contributed by atoms with Gasteiger partial charge in [0.05, 0.1) is 5.60 Å². The highest BCUT2D eigenvalue weighted by atomic mass is 19.1. The summed E-state index contributed by atoms with van der Waals surface area (Å²) in [5, 5.41) is 0. The molecule has 5 heteroatoms. The number of hydrogen-bond donors (Lipinski definition) is 0. The highest BCUT2D eigenvalue weighted by Gasteiger charge is 2.23. The minimum absolute atomic E-state index is 0.286. The minimum Gasteiger partial charge on any atom is -0.537 e. The monoisotopic (exact) mass is 315 g/mol. The first-order valence-electron chi connectivity index (χ1n) is 7.56. The van der Waals surface area contributed by atoms with E-state index in [1.807, 2.05) is 13.8 Å². The number of hydrogen-bond acceptors (Lipinski definition) is 3. The molecule has 0 aromatic heterocycles. The molecule has 1 radical (unpaired) electrons. The maximum absolute atomic E-state index is 12.8. The Kier molecular flexibility index (Phi) is 5.66. The molecule has 0 saturated carbocycles. The van der Waals surface area contributed by atoms with E-state index < -0.39 is 0 Å². The van der Waals surface area contributed by atoms with Crippen LogP contribution >= 0.6 is 0 Å². The summed E-state index contributed by atoms with van der Waals surface area (Å²) in [5.41, 5.74) is -0.286. The Morgan fingerprint density at radius 3 is 1.87 bits per heavy atom. The first kappa shape index (κ1) is 17.4. The molecule has 0 unspecified atom stereocenters.